The minimum absolute atomic E-state index is 0.270. The third-order valence-electron chi connectivity index (χ3n) is 16.3. The van der Waals surface area contributed by atoms with Gasteiger partial charge in [-0.1, -0.05) is 32.9 Å². The van der Waals surface area contributed by atoms with E-state index >= 15 is 0 Å². The Morgan fingerprint density at radius 2 is 1.53 bits per heavy atom. The first-order valence-corrected chi connectivity index (χ1v) is 18.0. The van der Waals surface area contributed by atoms with E-state index in [1.807, 2.05) is 6.92 Å². The first-order chi connectivity index (χ1) is 22.8. The minimum atomic E-state index is -1.78. The highest BCUT2D eigenvalue weighted by molar-refractivity contribution is 5.79. The summed E-state index contributed by atoms with van der Waals surface area (Å²) in [4.78, 5) is 14.6. The van der Waals surface area contributed by atoms with Gasteiger partial charge in [-0.15, -0.1) is 0 Å². The van der Waals surface area contributed by atoms with Gasteiger partial charge in [-0.3, -0.25) is 4.79 Å². The molecule has 19 unspecified atom stereocenters. The molecule has 0 amide bonds. The van der Waals surface area contributed by atoms with Crippen LogP contribution in [-0.4, -0.2) is 131 Å². The van der Waals surface area contributed by atoms with Gasteiger partial charge < -0.3 is 60.5 Å². The van der Waals surface area contributed by atoms with Crippen molar-refractivity contribution in [3.63, 3.8) is 0 Å². The van der Waals surface area contributed by atoms with Gasteiger partial charge in [0.25, 0.3) is 0 Å². The molecule has 19 atom stereocenters. The Balaban J connectivity index is 1.30. The van der Waals surface area contributed by atoms with Crippen molar-refractivity contribution < 1.29 is 65.3 Å². The Morgan fingerprint density at radius 3 is 2.16 bits per heavy atom. The van der Waals surface area contributed by atoms with Crippen molar-refractivity contribution in [2.75, 3.05) is 19.8 Å². The lowest BCUT2D eigenvalue weighted by atomic mass is 9.35. The molecule has 1 saturated heterocycles. The molecule has 0 bridgehead atoms. The van der Waals surface area contributed by atoms with Gasteiger partial charge in [-0.05, 0) is 74.5 Å². The Labute approximate surface area is 286 Å². The van der Waals surface area contributed by atoms with E-state index in [1.165, 1.54) is 0 Å². The summed E-state index contributed by atoms with van der Waals surface area (Å²) in [6.45, 7) is 6.27. The van der Waals surface area contributed by atoms with Crippen LogP contribution < -0.4 is 0 Å². The highest BCUT2D eigenvalue weighted by Gasteiger charge is 2.87. The number of allylic oxidation sites excluding steroid dienone is 2. The van der Waals surface area contributed by atoms with E-state index in [0.29, 0.717) is 44.9 Å². The highest BCUT2D eigenvalue weighted by Crippen LogP contribution is 2.90. The average molecular weight is 697 g/mol. The first-order valence-electron chi connectivity index (χ1n) is 18.0. The summed E-state index contributed by atoms with van der Waals surface area (Å²) in [5.41, 5.74) is -6.35. The molecule has 278 valence electrons. The fraction of sp³-hybridized carbons (Fsp3) is 0.917. The lowest BCUT2D eigenvalue weighted by molar-refractivity contribution is -0.302. The Bertz CT molecular complexity index is 1370. The third kappa shape index (κ3) is 4.12. The topological polar surface area (TPSA) is 238 Å². The molecule has 0 radical (unpaired) electrons. The van der Waals surface area contributed by atoms with Gasteiger partial charge in [0.1, 0.15) is 30.5 Å². The Hall–Kier alpha value is -1.23. The molecule has 13 heteroatoms. The second-order valence-electron chi connectivity index (χ2n) is 17.9. The number of aliphatic hydroxyl groups excluding tert-OH is 9. The van der Waals surface area contributed by atoms with Gasteiger partial charge in [0.15, 0.2) is 0 Å². The lowest BCUT2D eigenvalue weighted by Crippen LogP contribution is -2.72. The molecule has 49 heavy (non-hydrogen) atoms. The van der Waals surface area contributed by atoms with Crippen LogP contribution in [0.15, 0.2) is 12.2 Å². The molecule has 7 aliphatic rings. The number of ether oxygens (including phenoxy) is 2. The van der Waals surface area contributed by atoms with Crippen LogP contribution in [0.4, 0.5) is 0 Å². The van der Waals surface area contributed by atoms with E-state index in [4.69, 9.17) is 9.47 Å². The van der Waals surface area contributed by atoms with Crippen LogP contribution in [0.1, 0.15) is 72.6 Å². The first kappa shape index (κ1) is 36.1. The van der Waals surface area contributed by atoms with Crippen molar-refractivity contribution in [1.29, 1.82) is 0 Å². The van der Waals surface area contributed by atoms with Crippen LogP contribution in [0, 0.1) is 56.2 Å². The van der Waals surface area contributed by atoms with E-state index in [2.05, 4.69) is 19.1 Å². The molecule has 0 aromatic heterocycles. The fourth-order valence-corrected chi connectivity index (χ4v) is 13.7. The van der Waals surface area contributed by atoms with Gasteiger partial charge >= 0.3 is 5.97 Å². The number of rotatable bonds is 5. The monoisotopic (exact) mass is 696 g/mol. The van der Waals surface area contributed by atoms with Crippen LogP contribution in [0.3, 0.4) is 0 Å². The molecule has 6 aliphatic carbocycles. The number of fused-ring (bicyclic) bond motifs is 4. The lowest BCUT2D eigenvalue weighted by Gasteiger charge is -2.70. The molecule has 5 saturated carbocycles. The van der Waals surface area contributed by atoms with Crippen molar-refractivity contribution in [2.45, 2.75) is 127 Å². The Morgan fingerprint density at radius 1 is 0.837 bits per heavy atom. The van der Waals surface area contributed by atoms with Crippen molar-refractivity contribution in [1.82, 2.24) is 0 Å². The number of hydrogen-bond acceptors (Lipinski definition) is 13. The zero-order chi connectivity index (χ0) is 35.9. The molecule has 1 heterocycles. The van der Waals surface area contributed by atoms with Crippen LogP contribution in [-0.2, 0) is 14.3 Å². The standard InChI is InChI=1S/C36H56O13/c1-30(16-39)19-6-8-31(2)20(32(19,3)26(45)24(43)25(30)44)7-10-35-15-36(31,35)12-11-34(9-5-17(13-37)33(4,47)28(34)35)29(46)49-27-23(42)22(41)21(40)18(14-38)48-27/h7,10,17-28,37-45,47H,5-6,8-9,11-16H2,1-4H3. The summed E-state index contributed by atoms with van der Waals surface area (Å²) in [6, 6.07) is 0. The predicted molar refractivity (Wildman–Crippen MR) is 170 cm³/mol. The average Bonchev–Trinajstić information content (AvgIpc) is 3.78. The molecule has 10 N–H and O–H groups in total. The molecular weight excluding hydrogens is 640 g/mol. The summed E-state index contributed by atoms with van der Waals surface area (Å²) in [7, 11) is 0. The zero-order valence-corrected chi connectivity index (χ0v) is 28.9. The number of carbonyl (C=O) groups excluding carboxylic acids is 1. The van der Waals surface area contributed by atoms with Gasteiger partial charge in [-0.2, -0.15) is 0 Å². The number of aliphatic hydroxyl groups is 10. The fourth-order valence-electron chi connectivity index (χ4n) is 13.7. The summed E-state index contributed by atoms with van der Waals surface area (Å²) in [6.07, 6.45) is -4.53. The molecule has 7 rings (SSSR count). The zero-order valence-electron chi connectivity index (χ0n) is 28.9. The maximum atomic E-state index is 14.6. The maximum absolute atomic E-state index is 14.6. The van der Waals surface area contributed by atoms with Crippen LogP contribution in [0.2, 0.25) is 0 Å². The number of hydrogen-bond donors (Lipinski definition) is 10. The van der Waals surface area contributed by atoms with Crippen molar-refractivity contribution >= 4 is 5.97 Å². The van der Waals surface area contributed by atoms with Gasteiger partial charge in [0.2, 0.25) is 6.29 Å². The van der Waals surface area contributed by atoms with Gasteiger partial charge in [-0.25, -0.2) is 0 Å². The van der Waals surface area contributed by atoms with Crippen LogP contribution >= 0.6 is 0 Å². The molecule has 0 aromatic rings. The van der Waals surface area contributed by atoms with E-state index in [-0.39, 0.29) is 25.0 Å². The van der Waals surface area contributed by atoms with Crippen molar-refractivity contribution in [2.24, 2.45) is 56.2 Å². The second-order valence-corrected chi connectivity index (χ2v) is 17.9. The van der Waals surface area contributed by atoms with E-state index in [0.717, 1.165) is 0 Å². The maximum Gasteiger partial charge on any atom is 0.314 e. The smallest absolute Gasteiger partial charge is 0.314 e. The largest absolute Gasteiger partial charge is 0.432 e. The molecule has 13 nitrogen and oxygen atoms in total. The van der Waals surface area contributed by atoms with Gasteiger partial charge in [0.05, 0.1) is 36.4 Å². The number of esters is 1. The van der Waals surface area contributed by atoms with Crippen molar-refractivity contribution in [3.8, 4) is 0 Å². The van der Waals surface area contributed by atoms with E-state index in [1.54, 1.807) is 13.8 Å². The predicted octanol–water partition coefficient (Wildman–Crippen LogP) is -1.04. The van der Waals surface area contributed by atoms with E-state index < -0.39 is 112 Å². The molecular formula is C36H56O13. The van der Waals surface area contributed by atoms with E-state index in [9.17, 15) is 55.9 Å². The SMILES string of the molecule is CC1(O)C(CO)CCC2(C(=O)OC3OC(CO)C(O)C(O)C3O)CCC34CC3(C=CC3C5(C)C(O)C(O)C(O)C(C)(CO)C5CCC34C)C21. The quantitative estimate of drug-likeness (QED) is 0.122. The highest BCUT2D eigenvalue weighted by atomic mass is 16.7. The normalized spacial score (nSPS) is 60.6. The van der Waals surface area contributed by atoms with Crippen LogP contribution in [0.25, 0.3) is 0 Å². The summed E-state index contributed by atoms with van der Waals surface area (Å²) < 4.78 is 11.4. The third-order valence-corrected chi connectivity index (χ3v) is 16.3. The molecule has 0 spiro atoms. The Kier molecular flexibility index (Phi) is 8.22. The van der Waals surface area contributed by atoms with Gasteiger partial charge in [0, 0.05) is 34.7 Å². The summed E-state index contributed by atoms with van der Waals surface area (Å²) in [5.74, 6) is -2.56. The molecule has 0 aromatic carbocycles. The molecule has 1 aliphatic heterocycles. The minimum Gasteiger partial charge on any atom is -0.432 e. The van der Waals surface area contributed by atoms with Crippen LogP contribution in [0.5, 0.6) is 0 Å². The summed E-state index contributed by atoms with van der Waals surface area (Å²) >= 11 is 0. The number of carbonyl (C=O) groups is 1. The molecule has 6 fully saturated rings. The second kappa shape index (κ2) is 11.1. The summed E-state index contributed by atoms with van der Waals surface area (Å²) in [5, 5.41) is 109. The van der Waals surface area contributed by atoms with Crippen molar-refractivity contribution in [3.05, 3.63) is 12.2 Å².